The molecule has 1 aromatic heterocycles. The van der Waals surface area contributed by atoms with Crippen LogP contribution in [-0.4, -0.2) is 11.0 Å². The third kappa shape index (κ3) is 4.19. The smallest absolute Gasteiger partial charge is 0.219 e. The normalized spacial score (nSPS) is 14.2. The summed E-state index contributed by atoms with van der Waals surface area (Å²) in [7, 11) is 0. The van der Waals surface area contributed by atoms with Crippen molar-refractivity contribution in [1.82, 2.24) is 10.3 Å². The van der Waals surface area contributed by atoms with Crippen LogP contribution in [0.15, 0.2) is 34.8 Å². The second-order valence-corrected chi connectivity index (χ2v) is 6.61. The molecule has 1 aliphatic carbocycles. The third-order valence-corrected chi connectivity index (χ3v) is 4.06. The first-order chi connectivity index (χ1) is 10.1. The fourth-order valence-corrected chi connectivity index (χ4v) is 2.79. The van der Waals surface area contributed by atoms with E-state index in [9.17, 15) is 0 Å². The van der Waals surface area contributed by atoms with E-state index in [2.05, 4.69) is 32.3 Å². The summed E-state index contributed by atoms with van der Waals surface area (Å²) in [6.45, 7) is 2.81. The standard InChI is InChI=1S/C16H16BrClN2O/c1-10-6-11(9-19-13-3-4-13)7-16(20-10)21-15-5-2-12(17)8-14(15)18/h2,5-8,13,19H,3-4,9H2,1H3. The number of halogens is 2. The van der Waals surface area contributed by atoms with Gasteiger partial charge in [-0.25, -0.2) is 4.98 Å². The van der Waals surface area contributed by atoms with Crippen LogP contribution in [0, 0.1) is 6.92 Å². The van der Waals surface area contributed by atoms with E-state index in [0.717, 1.165) is 16.7 Å². The molecule has 1 aliphatic rings. The summed E-state index contributed by atoms with van der Waals surface area (Å²) >= 11 is 9.56. The largest absolute Gasteiger partial charge is 0.437 e. The fraction of sp³-hybridized carbons (Fsp3) is 0.312. The Morgan fingerprint density at radius 2 is 2.14 bits per heavy atom. The molecule has 2 aromatic rings. The molecule has 1 aromatic carbocycles. The first-order valence-electron chi connectivity index (χ1n) is 6.94. The molecule has 0 bridgehead atoms. The minimum Gasteiger partial charge on any atom is -0.437 e. The topological polar surface area (TPSA) is 34.1 Å². The highest BCUT2D eigenvalue weighted by Crippen LogP contribution is 2.31. The van der Waals surface area contributed by atoms with E-state index in [0.29, 0.717) is 22.7 Å². The molecule has 0 amide bonds. The SMILES string of the molecule is Cc1cc(CNC2CC2)cc(Oc2ccc(Br)cc2Cl)n1. The molecule has 3 rings (SSSR count). The Kier molecular flexibility index (Phi) is 4.48. The van der Waals surface area contributed by atoms with Gasteiger partial charge in [0.15, 0.2) is 0 Å². The van der Waals surface area contributed by atoms with Crippen molar-refractivity contribution in [3.63, 3.8) is 0 Å². The molecule has 3 nitrogen and oxygen atoms in total. The molecular formula is C16H16BrClN2O. The zero-order chi connectivity index (χ0) is 14.8. The number of benzene rings is 1. The van der Waals surface area contributed by atoms with E-state index < -0.39 is 0 Å². The van der Waals surface area contributed by atoms with Crippen molar-refractivity contribution in [2.75, 3.05) is 0 Å². The number of rotatable bonds is 5. The molecule has 1 N–H and O–H groups in total. The Balaban J connectivity index is 1.77. The van der Waals surface area contributed by atoms with Gasteiger partial charge in [-0.3, -0.25) is 0 Å². The second kappa shape index (κ2) is 6.34. The van der Waals surface area contributed by atoms with Crippen molar-refractivity contribution in [1.29, 1.82) is 0 Å². The maximum atomic E-state index is 6.17. The van der Waals surface area contributed by atoms with E-state index in [1.807, 2.05) is 31.2 Å². The van der Waals surface area contributed by atoms with Gasteiger partial charge in [0, 0.05) is 28.8 Å². The van der Waals surface area contributed by atoms with Crippen LogP contribution in [0.4, 0.5) is 0 Å². The maximum absolute atomic E-state index is 6.17. The molecule has 0 saturated heterocycles. The van der Waals surface area contributed by atoms with Gasteiger partial charge in [0.2, 0.25) is 5.88 Å². The molecule has 1 saturated carbocycles. The number of aromatic nitrogens is 1. The number of nitrogens with zero attached hydrogens (tertiary/aromatic N) is 1. The summed E-state index contributed by atoms with van der Waals surface area (Å²) in [6, 6.07) is 10.3. The summed E-state index contributed by atoms with van der Waals surface area (Å²) in [5.41, 5.74) is 2.12. The van der Waals surface area contributed by atoms with Gasteiger partial charge < -0.3 is 10.1 Å². The van der Waals surface area contributed by atoms with Crippen LogP contribution in [0.1, 0.15) is 24.1 Å². The lowest BCUT2D eigenvalue weighted by atomic mass is 10.2. The lowest BCUT2D eigenvalue weighted by Crippen LogP contribution is -2.15. The number of pyridine rings is 1. The van der Waals surface area contributed by atoms with Crippen molar-refractivity contribution in [2.24, 2.45) is 0 Å². The van der Waals surface area contributed by atoms with Crippen LogP contribution in [0.25, 0.3) is 0 Å². The molecule has 0 radical (unpaired) electrons. The van der Waals surface area contributed by atoms with Crippen LogP contribution in [0.5, 0.6) is 11.6 Å². The predicted octanol–water partition coefficient (Wildman–Crippen LogP) is 4.85. The fourth-order valence-electron chi connectivity index (χ4n) is 2.08. The van der Waals surface area contributed by atoms with Crippen molar-refractivity contribution >= 4 is 27.5 Å². The summed E-state index contributed by atoms with van der Waals surface area (Å²) in [6.07, 6.45) is 2.56. The average Bonchev–Trinajstić information content (AvgIpc) is 3.23. The summed E-state index contributed by atoms with van der Waals surface area (Å²) in [4.78, 5) is 4.42. The molecule has 1 heterocycles. The molecule has 0 atom stereocenters. The van der Waals surface area contributed by atoms with Gasteiger partial charge in [0.25, 0.3) is 0 Å². The van der Waals surface area contributed by atoms with Gasteiger partial charge in [0.05, 0.1) is 5.02 Å². The molecule has 0 aliphatic heterocycles. The number of hydrogen-bond donors (Lipinski definition) is 1. The number of aryl methyl sites for hydroxylation is 1. The second-order valence-electron chi connectivity index (χ2n) is 5.29. The Morgan fingerprint density at radius 1 is 1.33 bits per heavy atom. The number of hydrogen-bond acceptors (Lipinski definition) is 3. The maximum Gasteiger partial charge on any atom is 0.219 e. The summed E-state index contributed by atoms with van der Waals surface area (Å²) in [5, 5.41) is 4.05. The van der Waals surface area contributed by atoms with E-state index in [4.69, 9.17) is 16.3 Å². The van der Waals surface area contributed by atoms with Crippen LogP contribution < -0.4 is 10.1 Å². The van der Waals surface area contributed by atoms with E-state index >= 15 is 0 Å². The number of nitrogens with one attached hydrogen (secondary N) is 1. The highest BCUT2D eigenvalue weighted by atomic mass is 79.9. The van der Waals surface area contributed by atoms with Crippen LogP contribution in [0.3, 0.4) is 0 Å². The predicted molar refractivity (Wildman–Crippen MR) is 88.1 cm³/mol. The first kappa shape index (κ1) is 14.8. The van der Waals surface area contributed by atoms with Gasteiger partial charge in [-0.15, -0.1) is 0 Å². The van der Waals surface area contributed by atoms with E-state index in [1.54, 1.807) is 0 Å². The summed E-state index contributed by atoms with van der Waals surface area (Å²) in [5.74, 6) is 1.19. The van der Waals surface area contributed by atoms with Gasteiger partial charge in [0.1, 0.15) is 5.75 Å². The number of ether oxygens (including phenoxy) is 1. The molecule has 5 heteroatoms. The zero-order valence-electron chi connectivity index (χ0n) is 11.7. The minimum absolute atomic E-state index is 0.560. The first-order valence-corrected chi connectivity index (χ1v) is 8.11. The Labute approximate surface area is 137 Å². The highest BCUT2D eigenvalue weighted by molar-refractivity contribution is 9.10. The zero-order valence-corrected chi connectivity index (χ0v) is 14.0. The minimum atomic E-state index is 0.560. The van der Waals surface area contributed by atoms with Crippen molar-refractivity contribution in [2.45, 2.75) is 32.4 Å². The molecule has 0 spiro atoms. The lowest BCUT2D eigenvalue weighted by Gasteiger charge is -2.10. The molecule has 1 fully saturated rings. The van der Waals surface area contributed by atoms with Crippen LogP contribution in [0.2, 0.25) is 5.02 Å². The van der Waals surface area contributed by atoms with Crippen molar-refractivity contribution < 1.29 is 4.74 Å². The van der Waals surface area contributed by atoms with E-state index in [1.165, 1.54) is 18.4 Å². The van der Waals surface area contributed by atoms with Crippen LogP contribution in [-0.2, 0) is 6.54 Å². The summed E-state index contributed by atoms with van der Waals surface area (Å²) < 4.78 is 6.74. The van der Waals surface area contributed by atoms with Crippen LogP contribution >= 0.6 is 27.5 Å². The quantitative estimate of drug-likeness (QED) is 0.820. The Bertz CT molecular complexity index is 659. The Hall–Kier alpha value is -1.10. The van der Waals surface area contributed by atoms with Gasteiger partial charge in [-0.05, 0) is 49.6 Å². The van der Waals surface area contributed by atoms with Gasteiger partial charge in [-0.2, -0.15) is 0 Å². The Morgan fingerprint density at radius 3 is 2.86 bits per heavy atom. The lowest BCUT2D eigenvalue weighted by molar-refractivity contribution is 0.460. The third-order valence-electron chi connectivity index (χ3n) is 3.27. The molecule has 110 valence electrons. The highest BCUT2D eigenvalue weighted by Gasteiger charge is 2.20. The molecular weight excluding hydrogens is 352 g/mol. The average molecular weight is 368 g/mol. The monoisotopic (exact) mass is 366 g/mol. The molecule has 21 heavy (non-hydrogen) atoms. The van der Waals surface area contributed by atoms with Crippen molar-refractivity contribution in [3.05, 3.63) is 51.1 Å². The van der Waals surface area contributed by atoms with Gasteiger partial charge in [-0.1, -0.05) is 27.5 Å². The van der Waals surface area contributed by atoms with Gasteiger partial charge >= 0.3 is 0 Å². The van der Waals surface area contributed by atoms with E-state index in [-0.39, 0.29) is 0 Å². The van der Waals surface area contributed by atoms with Crippen molar-refractivity contribution in [3.8, 4) is 11.6 Å². The molecule has 0 unspecified atom stereocenters.